The van der Waals surface area contributed by atoms with Crippen molar-refractivity contribution in [2.75, 3.05) is 13.1 Å². The smallest absolute Gasteiger partial charge is 0.243 e. The monoisotopic (exact) mass is 311 g/mol. The van der Waals surface area contributed by atoms with Crippen LogP contribution in [0.5, 0.6) is 0 Å². The number of ether oxygens (including phenoxy) is 1. The van der Waals surface area contributed by atoms with Gasteiger partial charge in [-0.15, -0.1) is 0 Å². The van der Waals surface area contributed by atoms with Gasteiger partial charge in [0.05, 0.1) is 16.6 Å². The number of aryl methyl sites for hydroxylation is 1. The van der Waals surface area contributed by atoms with Crippen LogP contribution in [0.1, 0.15) is 39.2 Å². The van der Waals surface area contributed by atoms with Crippen molar-refractivity contribution >= 4 is 10.0 Å². The van der Waals surface area contributed by atoms with Crippen molar-refractivity contribution in [3.63, 3.8) is 0 Å². The van der Waals surface area contributed by atoms with Crippen molar-refractivity contribution in [2.24, 2.45) is 0 Å². The van der Waals surface area contributed by atoms with Crippen LogP contribution < -0.4 is 0 Å². The lowest BCUT2D eigenvalue weighted by molar-refractivity contribution is -0.0761. The topological polar surface area (TPSA) is 46.6 Å². The van der Waals surface area contributed by atoms with Gasteiger partial charge in [0.25, 0.3) is 0 Å². The average Bonchev–Trinajstić information content (AvgIpc) is 2.38. The molecule has 0 N–H and O–H groups in total. The molecule has 0 saturated carbocycles. The minimum Gasteiger partial charge on any atom is -0.373 e. The zero-order chi connectivity index (χ0) is 15.7. The van der Waals surface area contributed by atoms with Gasteiger partial charge in [0.1, 0.15) is 0 Å². The molecule has 1 aromatic carbocycles. The summed E-state index contributed by atoms with van der Waals surface area (Å²) in [5.74, 6) is 0. The Hall–Kier alpha value is -0.910. The molecule has 2 rings (SSSR count). The Morgan fingerprint density at radius 1 is 1.10 bits per heavy atom. The van der Waals surface area contributed by atoms with Crippen LogP contribution in [0.15, 0.2) is 29.2 Å². The highest BCUT2D eigenvalue weighted by Gasteiger charge is 2.31. The second kappa shape index (κ2) is 6.07. The third-order valence-corrected chi connectivity index (χ3v) is 5.49. The van der Waals surface area contributed by atoms with Crippen LogP contribution in [0, 0.1) is 6.92 Å². The van der Waals surface area contributed by atoms with E-state index in [1.54, 1.807) is 16.4 Å². The summed E-state index contributed by atoms with van der Waals surface area (Å²) in [6.07, 6.45) is 1.65. The average molecular weight is 311 g/mol. The molecule has 1 saturated heterocycles. The van der Waals surface area contributed by atoms with Gasteiger partial charge in [-0.05, 0) is 52.7 Å². The second-order valence-corrected chi connectivity index (χ2v) is 8.58. The molecule has 1 aromatic rings. The molecule has 0 radical (unpaired) electrons. The minimum atomic E-state index is -3.37. The zero-order valence-corrected chi connectivity index (χ0v) is 14.1. The van der Waals surface area contributed by atoms with Crippen molar-refractivity contribution in [1.82, 2.24) is 4.31 Å². The van der Waals surface area contributed by atoms with E-state index in [0.29, 0.717) is 18.0 Å². The summed E-state index contributed by atoms with van der Waals surface area (Å²) in [6.45, 7) is 9.09. The largest absolute Gasteiger partial charge is 0.373 e. The van der Waals surface area contributed by atoms with Crippen molar-refractivity contribution in [3.05, 3.63) is 29.8 Å². The number of benzene rings is 1. The van der Waals surface area contributed by atoms with Gasteiger partial charge >= 0.3 is 0 Å². The standard InChI is InChI=1S/C16H25NO3S/c1-13-5-7-15(8-6-13)21(18,19)17-11-9-14(10-12-17)20-16(2,3)4/h5-8,14H,9-12H2,1-4H3. The first-order valence-electron chi connectivity index (χ1n) is 7.43. The van der Waals surface area contributed by atoms with Crippen LogP contribution >= 0.6 is 0 Å². The predicted octanol–water partition coefficient (Wildman–Crippen LogP) is 2.96. The fourth-order valence-corrected chi connectivity index (χ4v) is 4.02. The highest BCUT2D eigenvalue weighted by molar-refractivity contribution is 7.89. The maximum absolute atomic E-state index is 12.6. The third-order valence-electron chi connectivity index (χ3n) is 3.58. The van der Waals surface area contributed by atoms with Gasteiger partial charge in [-0.25, -0.2) is 8.42 Å². The Bertz CT molecular complexity index is 565. The zero-order valence-electron chi connectivity index (χ0n) is 13.3. The van der Waals surface area contributed by atoms with Crippen LogP contribution in [-0.2, 0) is 14.8 Å². The van der Waals surface area contributed by atoms with Crippen LogP contribution in [0.4, 0.5) is 0 Å². The SMILES string of the molecule is Cc1ccc(S(=O)(=O)N2CCC(OC(C)(C)C)CC2)cc1. The molecule has 0 bridgehead atoms. The molecule has 0 aromatic heterocycles. The first-order valence-corrected chi connectivity index (χ1v) is 8.87. The lowest BCUT2D eigenvalue weighted by Crippen LogP contribution is -2.42. The number of sulfonamides is 1. The molecule has 0 amide bonds. The number of hydrogen-bond acceptors (Lipinski definition) is 3. The fraction of sp³-hybridized carbons (Fsp3) is 0.625. The van der Waals surface area contributed by atoms with Crippen molar-refractivity contribution in [3.8, 4) is 0 Å². The molecule has 1 fully saturated rings. The Morgan fingerprint density at radius 2 is 1.62 bits per heavy atom. The fourth-order valence-electron chi connectivity index (χ4n) is 2.55. The lowest BCUT2D eigenvalue weighted by atomic mass is 10.1. The van der Waals surface area contributed by atoms with E-state index in [2.05, 4.69) is 0 Å². The quantitative estimate of drug-likeness (QED) is 0.862. The molecule has 4 nitrogen and oxygen atoms in total. The molecule has 1 aliphatic rings. The summed E-state index contributed by atoms with van der Waals surface area (Å²) in [6, 6.07) is 7.04. The number of rotatable bonds is 3. The summed E-state index contributed by atoms with van der Waals surface area (Å²) in [4.78, 5) is 0.378. The predicted molar refractivity (Wildman–Crippen MR) is 83.8 cm³/mol. The highest BCUT2D eigenvalue weighted by atomic mass is 32.2. The Balaban J connectivity index is 2.03. The van der Waals surface area contributed by atoms with E-state index in [1.807, 2.05) is 39.8 Å². The van der Waals surface area contributed by atoms with Gasteiger partial charge in [-0.1, -0.05) is 17.7 Å². The van der Waals surface area contributed by atoms with Crippen molar-refractivity contribution < 1.29 is 13.2 Å². The molecule has 1 aliphatic heterocycles. The Morgan fingerprint density at radius 3 is 2.10 bits per heavy atom. The second-order valence-electron chi connectivity index (χ2n) is 6.65. The van der Waals surface area contributed by atoms with Gasteiger partial charge in [-0.3, -0.25) is 0 Å². The van der Waals surface area contributed by atoms with E-state index < -0.39 is 10.0 Å². The summed E-state index contributed by atoms with van der Waals surface area (Å²) >= 11 is 0. The maximum Gasteiger partial charge on any atom is 0.243 e. The van der Waals surface area contributed by atoms with E-state index in [-0.39, 0.29) is 11.7 Å². The molecule has 0 spiro atoms. The molecule has 21 heavy (non-hydrogen) atoms. The Labute approximate surface area is 128 Å². The van der Waals surface area contributed by atoms with Crippen LogP contribution in [0.25, 0.3) is 0 Å². The van der Waals surface area contributed by atoms with Crippen LogP contribution in [0.2, 0.25) is 0 Å². The molecule has 118 valence electrons. The molecule has 0 aliphatic carbocycles. The van der Waals surface area contributed by atoms with Crippen molar-refractivity contribution in [2.45, 2.75) is 57.1 Å². The van der Waals surface area contributed by atoms with Gasteiger partial charge < -0.3 is 4.74 Å². The highest BCUT2D eigenvalue weighted by Crippen LogP contribution is 2.24. The summed E-state index contributed by atoms with van der Waals surface area (Å²) in [5.41, 5.74) is 0.883. The normalized spacial score (nSPS) is 18.9. The van der Waals surface area contributed by atoms with E-state index in [1.165, 1.54) is 0 Å². The number of hydrogen-bond donors (Lipinski definition) is 0. The van der Waals surface area contributed by atoms with Crippen molar-refractivity contribution in [1.29, 1.82) is 0 Å². The Kier molecular flexibility index (Phi) is 4.76. The molecule has 1 heterocycles. The number of piperidine rings is 1. The molecule has 0 atom stereocenters. The van der Waals surface area contributed by atoms with Gasteiger partial charge in [0, 0.05) is 13.1 Å². The van der Waals surface area contributed by atoms with Gasteiger partial charge in [-0.2, -0.15) is 4.31 Å². The first-order chi connectivity index (χ1) is 9.68. The number of nitrogens with zero attached hydrogens (tertiary/aromatic N) is 1. The van der Waals surface area contributed by atoms with Crippen LogP contribution in [0.3, 0.4) is 0 Å². The first kappa shape index (κ1) is 16.5. The molecule has 5 heteroatoms. The van der Waals surface area contributed by atoms with E-state index >= 15 is 0 Å². The van der Waals surface area contributed by atoms with E-state index in [4.69, 9.17) is 4.74 Å². The lowest BCUT2D eigenvalue weighted by Gasteiger charge is -2.34. The van der Waals surface area contributed by atoms with Gasteiger partial charge in [0.2, 0.25) is 10.0 Å². The van der Waals surface area contributed by atoms with Gasteiger partial charge in [0.15, 0.2) is 0 Å². The summed E-state index contributed by atoms with van der Waals surface area (Å²) < 4.78 is 32.7. The molecule has 0 unspecified atom stereocenters. The molecular formula is C16H25NO3S. The van der Waals surface area contributed by atoms with E-state index in [9.17, 15) is 8.42 Å². The molecular weight excluding hydrogens is 286 g/mol. The van der Waals surface area contributed by atoms with E-state index in [0.717, 1.165) is 18.4 Å². The minimum absolute atomic E-state index is 0.148. The summed E-state index contributed by atoms with van der Waals surface area (Å²) in [7, 11) is -3.37. The summed E-state index contributed by atoms with van der Waals surface area (Å²) in [5, 5.41) is 0. The maximum atomic E-state index is 12.6. The third kappa shape index (κ3) is 4.28. The van der Waals surface area contributed by atoms with Crippen LogP contribution in [-0.4, -0.2) is 37.5 Å².